The van der Waals surface area contributed by atoms with E-state index in [4.69, 9.17) is 4.74 Å². The van der Waals surface area contributed by atoms with Crippen molar-refractivity contribution < 1.29 is 23.8 Å². The van der Waals surface area contributed by atoms with Gasteiger partial charge in [0, 0.05) is 0 Å². The summed E-state index contributed by atoms with van der Waals surface area (Å²) in [6, 6.07) is 16.8. The highest BCUT2D eigenvalue weighted by molar-refractivity contribution is 5.99. The van der Waals surface area contributed by atoms with Crippen LogP contribution >= 0.6 is 0 Å². The maximum atomic E-state index is 11.9. The zero-order valence-electron chi connectivity index (χ0n) is 14.0. The number of benzene rings is 2. The Bertz CT molecular complexity index is 755. The third kappa shape index (κ3) is 5.39. The van der Waals surface area contributed by atoms with Crippen LogP contribution in [0.15, 0.2) is 66.4 Å². The zero-order valence-corrected chi connectivity index (χ0v) is 14.0. The van der Waals surface area contributed by atoms with Crippen LogP contribution in [0.4, 0.5) is 5.69 Å². The number of esters is 2. The highest BCUT2D eigenvalue weighted by Crippen LogP contribution is 2.26. The lowest BCUT2D eigenvalue weighted by Gasteiger charge is -2.14. The Labute approximate surface area is 146 Å². The van der Waals surface area contributed by atoms with Gasteiger partial charge in [-0.25, -0.2) is 9.59 Å². The quantitative estimate of drug-likeness (QED) is 0.617. The highest BCUT2D eigenvalue weighted by Gasteiger charge is 2.15. The Hall–Kier alpha value is -3.28. The van der Waals surface area contributed by atoms with Crippen LogP contribution in [-0.4, -0.2) is 26.2 Å². The van der Waals surface area contributed by atoms with Crippen LogP contribution in [0.1, 0.15) is 5.56 Å². The number of rotatable bonds is 7. The number of para-hydroxylation sites is 2. The van der Waals surface area contributed by atoms with Crippen LogP contribution < -0.4 is 10.1 Å². The lowest BCUT2D eigenvalue weighted by Crippen LogP contribution is -2.16. The van der Waals surface area contributed by atoms with Gasteiger partial charge in [0.15, 0.2) is 0 Å². The zero-order chi connectivity index (χ0) is 18.1. The summed E-state index contributed by atoms with van der Waals surface area (Å²) in [4.78, 5) is 23.3. The minimum absolute atomic E-state index is 0.0508. The molecule has 2 aromatic rings. The fourth-order valence-corrected chi connectivity index (χ4v) is 2.01. The Balaban J connectivity index is 2.19. The van der Waals surface area contributed by atoms with Crippen LogP contribution in [0.2, 0.25) is 0 Å². The molecule has 0 heterocycles. The molecule has 0 fully saturated rings. The molecule has 0 radical (unpaired) electrons. The summed E-state index contributed by atoms with van der Waals surface area (Å²) in [5.41, 5.74) is 1.49. The Morgan fingerprint density at radius 2 is 1.64 bits per heavy atom. The third-order valence-corrected chi connectivity index (χ3v) is 3.26. The maximum Gasteiger partial charge on any atom is 0.354 e. The molecule has 130 valence electrons. The lowest BCUT2D eigenvalue weighted by atomic mass is 10.2. The fraction of sp³-hybridized carbons (Fsp3) is 0.158. The maximum absolute atomic E-state index is 11.9. The molecule has 0 saturated carbocycles. The molecule has 0 aliphatic carbocycles. The van der Waals surface area contributed by atoms with Crippen molar-refractivity contribution in [1.29, 1.82) is 0 Å². The molecule has 0 saturated heterocycles. The summed E-state index contributed by atoms with van der Waals surface area (Å²) < 4.78 is 15.0. The first kappa shape index (κ1) is 18.1. The van der Waals surface area contributed by atoms with Gasteiger partial charge in [-0.2, -0.15) is 0 Å². The van der Waals surface area contributed by atoms with E-state index < -0.39 is 11.9 Å². The Kier molecular flexibility index (Phi) is 6.59. The third-order valence-electron chi connectivity index (χ3n) is 3.26. The molecule has 0 aliphatic heterocycles. The molecule has 0 spiro atoms. The predicted molar refractivity (Wildman–Crippen MR) is 93.0 cm³/mol. The van der Waals surface area contributed by atoms with Gasteiger partial charge in [-0.1, -0.05) is 42.5 Å². The lowest BCUT2D eigenvalue weighted by molar-refractivity contribution is -0.138. The molecule has 0 atom stereocenters. The van der Waals surface area contributed by atoms with Gasteiger partial charge in [0.2, 0.25) is 0 Å². The number of methoxy groups -OCH3 is 2. The molecule has 0 bridgehead atoms. The normalized spacial score (nSPS) is 10.7. The van der Waals surface area contributed by atoms with Crippen LogP contribution in [0.5, 0.6) is 5.75 Å². The molecule has 0 aliphatic rings. The number of anilines is 1. The van der Waals surface area contributed by atoms with Crippen LogP contribution in [-0.2, 0) is 25.7 Å². The first-order chi connectivity index (χ1) is 12.1. The van der Waals surface area contributed by atoms with Gasteiger partial charge in [0.05, 0.1) is 26.0 Å². The van der Waals surface area contributed by atoms with Gasteiger partial charge in [0.25, 0.3) is 0 Å². The second-order valence-electron chi connectivity index (χ2n) is 4.97. The van der Waals surface area contributed by atoms with E-state index in [0.717, 1.165) is 11.6 Å². The number of nitrogens with one attached hydrogen (secondary N) is 1. The molecule has 2 aromatic carbocycles. The van der Waals surface area contributed by atoms with Gasteiger partial charge in [-0.15, -0.1) is 0 Å². The van der Waals surface area contributed by atoms with E-state index >= 15 is 0 Å². The first-order valence-corrected chi connectivity index (χ1v) is 7.54. The van der Waals surface area contributed by atoms with Crippen molar-refractivity contribution in [2.24, 2.45) is 0 Å². The van der Waals surface area contributed by atoms with Gasteiger partial charge in [0.1, 0.15) is 18.1 Å². The van der Waals surface area contributed by atoms with E-state index in [9.17, 15) is 9.59 Å². The van der Waals surface area contributed by atoms with Crippen LogP contribution in [0.3, 0.4) is 0 Å². The minimum atomic E-state index is -0.691. The van der Waals surface area contributed by atoms with Crippen molar-refractivity contribution in [1.82, 2.24) is 0 Å². The van der Waals surface area contributed by atoms with E-state index in [2.05, 4.69) is 14.8 Å². The summed E-state index contributed by atoms with van der Waals surface area (Å²) in [5.74, 6) is -0.829. The number of hydrogen-bond donors (Lipinski definition) is 1. The van der Waals surface area contributed by atoms with Crippen molar-refractivity contribution in [2.45, 2.75) is 6.61 Å². The molecule has 25 heavy (non-hydrogen) atoms. The van der Waals surface area contributed by atoms with E-state index in [-0.39, 0.29) is 5.70 Å². The van der Waals surface area contributed by atoms with E-state index in [1.54, 1.807) is 18.2 Å². The molecule has 0 amide bonds. The first-order valence-electron chi connectivity index (χ1n) is 7.54. The van der Waals surface area contributed by atoms with Crippen molar-refractivity contribution in [2.75, 3.05) is 19.5 Å². The van der Waals surface area contributed by atoms with Gasteiger partial charge in [-0.3, -0.25) is 0 Å². The van der Waals surface area contributed by atoms with Crippen molar-refractivity contribution >= 4 is 17.6 Å². The largest absolute Gasteiger partial charge is 0.487 e. The topological polar surface area (TPSA) is 73.9 Å². The second-order valence-corrected chi connectivity index (χ2v) is 4.97. The molecule has 6 heteroatoms. The molecule has 6 nitrogen and oxygen atoms in total. The molecular formula is C19H19NO5. The van der Waals surface area contributed by atoms with Gasteiger partial charge >= 0.3 is 11.9 Å². The fourth-order valence-electron chi connectivity index (χ4n) is 2.01. The highest BCUT2D eigenvalue weighted by atomic mass is 16.5. The summed E-state index contributed by atoms with van der Waals surface area (Å²) in [5, 5.41) is 2.86. The minimum Gasteiger partial charge on any atom is -0.487 e. The van der Waals surface area contributed by atoms with Crippen molar-refractivity contribution in [3.8, 4) is 5.75 Å². The predicted octanol–water partition coefficient (Wildman–Crippen LogP) is 2.91. The SMILES string of the molecule is COC(=O)/C=C(/Nc1ccccc1OCc1ccccc1)C(=O)OC. The molecule has 0 aromatic heterocycles. The van der Waals surface area contributed by atoms with E-state index in [1.807, 2.05) is 36.4 Å². The summed E-state index contributed by atoms with van der Waals surface area (Å²) >= 11 is 0. The Morgan fingerprint density at radius 1 is 0.960 bits per heavy atom. The monoisotopic (exact) mass is 341 g/mol. The van der Waals surface area contributed by atoms with Crippen molar-refractivity contribution in [3.05, 3.63) is 71.9 Å². The van der Waals surface area contributed by atoms with Crippen LogP contribution in [0.25, 0.3) is 0 Å². The average Bonchev–Trinajstić information content (AvgIpc) is 2.66. The summed E-state index contributed by atoms with van der Waals surface area (Å²) in [7, 11) is 2.46. The number of carbonyl (C=O) groups is 2. The molecule has 2 rings (SSSR count). The average molecular weight is 341 g/mol. The van der Waals surface area contributed by atoms with Crippen molar-refractivity contribution in [3.63, 3.8) is 0 Å². The smallest absolute Gasteiger partial charge is 0.354 e. The molecule has 1 N–H and O–H groups in total. The number of ether oxygens (including phenoxy) is 3. The van der Waals surface area contributed by atoms with E-state index in [0.29, 0.717) is 18.0 Å². The number of carbonyl (C=O) groups excluding carboxylic acids is 2. The second kappa shape index (κ2) is 9.12. The van der Waals surface area contributed by atoms with Gasteiger partial charge in [-0.05, 0) is 17.7 Å². The summed E-state index contributed by atoms with van der Waals surface area (Å²) in [6.07, 6.45) is 1.03. The van der Waals surface area contributed by atoms with E-state index in [1.165, 1.54) is 14.2 Å². The number of hydrogen-bond acceptors (Lipinski definition) is 6. The van der Waals surface area contributed by atoms with Crippen LogP contribution in [0, 0.1) is 0 Å². The summed E-state index contributed by atoms with van der Waals surface area (Å²) in [6.45, 7) is 0.369. The molecule has 0 unspecified atom stereocenters. The van der Waals surface area contributed by atoms with Gasteiger partial charge < -0.3 is 19.5 Å². The Morgan fingerprint density at radius 3 is 2.32 bits per heavy atom. The molecular weight excluding hydrogens is 322 g/mol. The standard InChI is InChI=1S/C19H19NO5/c1-23-18(21)12-16(19(22)24-2)20-15-10-6-7-11-17(15)25-13-14-8-4-3-5-9-14/h3-12,20H,13H2,1-2H3/b16-12+.